The van der Waals surface area contributed by atoms with E-state index in [9.17, 15) is 22.8 Å². The van der Waals surface area contributed by atoms with Crippen LogP contribution in [-0.4, -0.2) is 31.8 Å². The second-order valence-corrected chi connectivity index (χ2v) is 10.3. The van der Waals surface area contributed by atoms with E-state index in [-0.39, 0.29) is 27.6 Å². The summed E-state index contributed by atoms with van der Waals surface area (Å²) in [6, 6.07) is 13.7. The van der Waals surface area contributed by atoms with Gasteiger partial charge in [0.25, 0.3) is 0 Å². The van der Waals surface area contributed by atoms with Gasteiger partial charge in [-0.2, -0.15) is 5.06 Å². The van der Waals surface area contributed by atoms with Crippen LogP contribution in [0.25, 0.3) is 0 Å². The topological polar surface area (TPSA) is 108 Å². The third kappa shape index (κ3) is 5.29. The molecule has 10 heteroatoms. The molecule has 8 nitrogen and oxygen atoms in total. The number of carbonyl (C=O) groups is 1. The molecule has 3 N–H and O–H groups in total. The first-order valence-electron chi connectivity index (χ1n) is 11.0. The Kier molecular flexibility index (Phi) is 7.06. The Morgan fingerprint density at radius 2 is 1.89 bits per heavy atom. The summed E-state index contributed by atoms with van der Waals surface area (Å²) in [6.45, 7) is 2.95. The fraction of sp³-hybridized carbons (Fsp3) is 0.240. The van der Waals surface area contributed by atoms with Crippen LogP contribution in [0.4, 0.5) is 14.9 Å². The number of anilines is 1. The van der Waals surface area contributed by atoms with Crippen molar-refractivity contribution in [2.75, 3.05) is 12.4 Å². The molecule has 35 heavy (non-hydrogen) atoms. The maximum atomic E-state index is 14.0. The van der Waals surface area contributed by atoms with Crippen molar-refractivity contribution < 1.29 is 27.5 Å². The molecule has 0 saturated carbocycles. The number of sulfone groups is 1. The zero-order valence-corrected chi connectivity index (χ0v) is 20.1. The van der Waals surface area contributed by atoms with Crippen LogP contribution in [0.5, 0.6) is 5.75 Å². The summed E-state index contributed by atoms with van der Waals surface area (Å²) in [4.78, 5) is 12.5. The third-order valence-electron chi connectivity index (χ3n) is 5.94. The van der Waals surface area contributed by atoms with Crippen LogP contribution in [0, 0.1) is 5.82 Å². The highest BCUT2D eigenvalue weighted by Crippen LogP contribution is 2.31. The number of fused-ring (bicyclic) bond motifs is 1. The largest absolute Gasteiger partial charge is 0.495 e. The molecule has 3 aromatic carbocycles. The van der Waals surface area contributed by atoms with E-state index in [2.05, 4.69) is 10.6 Å². The van der Waals surface area contributed by atoms with Gasteiger partial charge in [-0.1, -0.05) is 36.4 Å². The van der Waals surface area contributed by atoms with E-state index in [1.807, 2.05) is 12.1 Å². The Labute approximate surface area is 203 Å². The highest BCUT2D eigenvalue weighted by molar-refractivity contribution is 7.90. The number of halogens is 1. The lowest BCUT2D eigenvalue weighted by molar-refractivity contribution is -0.0698. The predicted octanol–water partition coefficient (Wildman–Crippen LogP) is 4.40. The number of hydroxylamine groups is 2. The molecule has 2 amide bonds. The normalized spacial score (nSPS) is 13.7. The molecule has 3 aromatic rings. The van der Waals surface area contributed by atoms with Crippen molar-refractivity contribution in [3.63, 3.8) is 0 Å². The zero-order chi connectivity index (χ0) is 25.2. The molecule has 0 bridgehead atoms. The van der Waals surface area contributed by atoms with Gasteiger partial charge in [0, 0.05) is 30.4 Å². The first kappa shape index (κ1) is 24.6. The van der Waals surface area contributed by atoms with Crippen molar-refractivity contribution in [1.82, 2.24) is 10.4 Å². The molecule has 1 aliphatic heterocycles. The molecule has 1 aliphatic rings. The van der Waals surface area contributed by atoms with E-state index in [4.69, 9.17) is 4.74 Å². The van der Waals surface area contributed by atoms with Gasteiger partial charge in [0.1, 0.15) is 16.5 Å². The molecule has 184 valence electrons. The number of hydrogen-bond acceptors (Lipinski definition) is 6. The smallest absolute Gasteiger partial charge is 0.346 e. The summed E-state index contributed by atoms with van der Waals surface area (Å²) < 4.78 is 45.6. The highest BCUT2D eigenvalue weighted by Gasteiger charge is 2.25. The minimum absolute atomic E-state index is 0.0165. The number of rotatable bonds is 7. The van der Waals surface area contributed by atoms with Crippen LogP contribution >= 0.6 is 0 Å². The van der Waals surface area contributed by atoms with Crippen LogP contribution in [0.2, 0.25) is 0 Å². The molecule has 0 radical (unpaired) electrons. The highest BCUT2D eigenvalue weighted by atomic mass is 32.2. The van der Waals surface area contributed by atoms with Gasteiger partial charge >= 0.3 is 6.03 Å². The van der Waals surface area contributed by atoms with Crippen molar-refractivity contribution in [2.24, 2.45) is 0 Å². The Hall–Kier alpha value is -3.47. The van der Waals surface area contributed by atoms with Gasteiger partial charge in [-0.25, -0.2) is 17.6 Å². The molecule has 0 aliphatic carbocycles. The number of nitrogens with one attached hydrogen (secondary N) is 2. The molecular formula is C25H26FN3O5S. The van der Waals surface area contributed by atoms with E-state index < -0.39 is 27.7 Å². The predicted molar refractivity (Wildman–Crippen MR) is 128 cm³/mol. The number of ether oxygens (including phenoxy) is 1. The molecule has 1 unspecified atom stereocenters. The lowest BCUT2D eigenvalue weighted by Crippen LogP contribution is -2.34. The van der Waals surface area contributed by atoms with Crippen molar-refractivity contribution >= 4 is 21.6 Å². The standard InChI is InChI=1S/C25H26FN3O5S/c1-16(21-5-3-4-6-22(21)26)29(31)25(30)28-20-9-10-24(23(12-20)34-2)35(32,33)15-17-7-8-18-13-27-14-19(18)11-17/h3-12,16,27,31H,13-15H2,1-2H3,(H,28,30). The van der Waals surface area contributed by atoms with Gasteiger partial charge < -0.3 is 15.4 Å². The lowest BCUT2D eigenvalue weighted by atomic mass is 10.1. The van der Waals surface area contributed by atoms with Crippen LogP contribution < -0.4 is 15.4 Å². The number of carbonyl (C=O) groups excluding carboxylic acids is 1. The molecule has 0 aromatic heterocycles. The molecule has 1 atom stereocenters. The SMILES string of the molecule is COc1cc(NC(=O)N(O)C(C)c2ccccc2F)ccc1S(=O)(=O)Cc1ccc2c(c1)CNC2. The van der Waals surface area contributed by atoms with E-state index in [1.165, 1.54) is 50.4 Å². The summed E-state index contributed by atoms with van der Waals surface area (Å²) in [5.74, 6) is -0.701. The summed E-state index contributed by atoms with van der Waals surface area (Å²) >= 11 is 0. The third-order valence-corrected chi connectivity index (χ3v) is 7.66. The van der Waals surface area contributed by atoms with Gasteiger partial charge in [-0.05, 0) is 41.8 Å². The number of amides is 2. The number of methoxy groups -OCH3 is 1. The van der Waals surface area contributed by atoms with E-state index in [0.29, 0.717) is 17.2 Å². The van der Waals surface area contributed by atoms with Gasteiger partial charge in [0.15, 0.2) is 9.84 Å². The van der Waals surface area contributed by atoms with Crippen molar-refractivity contribution in [3.8, 4) is 5.75 Å². The Morgan fingerprint density at radius 3 is 2.63 bits per heavy atom. The summed E-state index contributed by atoms with van der Waals surface area (Å²) in [6.07, 6.45) is 0. The summed E-state index contributed by atoms with van der Waals surface area (Å²) in [5, 5.41) is 16.4. The lowest BCUT2D eigenvalue weighted by Gasteiger charge is -2.23. The fourth-order valence-corrected chi connectivity index (χ4v) is 5.54. The van der Waals surface area contributed by atoms with Crippen LogP contribution in [0.3, 0.4) is 0 Å². The van der Waals surface area contributed by atoms with Crippen LogP contribution in [0.1, 0.15) is 35.2 Å². The van der Waals surface area contributed by atoms with Gasteiger partial charge in [-0.3, -0.25) is 5.21 Å². The first-order valence-corrected chi connectivity index (χ1v) is 12.6. The second kappa shape index (κ2) is 10.0. The second-order valence-electron chi connectivity index (χ2n) is 8.30. The van der Waals surface area contributed by atoms with Crippen molar-refractivity contribution in [1.29, 1.82) is 0 Å². The molecular weight excluding hydrogens is 473 g/mol. The summed E-state index contributed by atoms with van der Waals surface area (Å²) in [5.41, 5.74) is 3.26. The molecule has 4 rings (SSSR count). The maximum Gasteiger partial charge on any atom is 0.346 e. The monoisotopic (exact) mass is 499 g/mol. The minimum Gasteiger partial charge on any atom is -0.495 e. The number of nitrogens with zero attached hydrogens (tertiary/aromatic N) is 1. The Bertz CT molecular complexity index is 1360. The first-order chi connectivity index (χ1) is 16.7. The zero-order valence-electron chi connectivity index (χ0n) is 19.3. The van der Waals surface area contributed by atoms with Crippen LogP contribution in [0.15, 0.2) is 65.6 Å². The quantitative estimate of drug-likeness (QED) is 0.329. The number of benzene rings is 3. The number of hydrogen-bond donors (Lipinski definition) is 3. The average Bonchev–Trinajstić information content (AvgIpc) is 3.31. The Balaban J connectivity index is 1.50. The van der Waals surface area contributed by atoms with E-state index >= 15 is 0 Å². The molecule has 0 saturated heterocycles. The van der Waals surface area contributed by atoms with Crippen LogP contribution in [-0.2, 0) is 28.7 Å². The maximum absolute atomic E-state index is 14.0. The van der Waals surface area contributed by atoms with E-state index in [0.717, 1.165) is 17.7 Å². The molecule has 0 fully saturated rings. The molecule has 0 spiro atoms. The van der Waals surface area contributed by atoms with Crippen molar-refractivity contribution in [2.45, 2.75) is 36.7 Å². The Morgan fingerprint density at radius 1 is 1.14 bits per heavy atom. The van der Waals surface area contributed by atoms with Crippen molar-refractivity contribution in [3.05, 3.63) is 88.7 Å². The van der Waals surface area contributed by atoms with Gasteiger partial charge in [-0.15, -0.1) is 0 Å². The minimum atomic E-state index is -3.75. The van der Waals surface area contributed by atoms with E-state index in [1.54, 1.807) is 12.1 Å². The fourth-order valence-electron chi connectivity index (χ4n) is 4.04. The van der Waals surface area contributed by atoms with Gasteiger partial charge in [0.2, 0.25) is 0 Å². The number of urea groups is 1. The molecule has 1 heterocycles. The van der Waals surface area contributed by atoms with Gasteiger partial charge in [0.05, 0.1) is 18.9 Å². The average molecular weight is 500 g/mol. The summed E-state index contributed by atoms with van der Waals surface area (Å²) in [7, 11) is -2.42.